The van der Waals surface area contributed by atoms with Gasteiger partial charge in [0.05, 0.1) is 26.2 Å². The lowest BCUT2D eigenvalue weighted by atomic mass is 9.97. The van der Waals surface area contributed by atoms with E-state index in [9.17, 15) is 9.59 Å². The number of esters is 1. The van der Waals surface area contributed by atoms with Crippen LogP contribution in [-0.4, -0.2) is 23.4 Å². The predicted molar refractivity (Wildman–Crippen MR) is 127 cm³/mol. The summed E-state index contributed by atoms with van der Waals surface area (Å²) in [6.45, 7) is 0.297. The number of nitrogens with zero attached hydrogens (tertiary/aromatic N) is 1. The Morgan fingerprint density at radius 2 is 1.84 bits per heavy atom. The van der Waals surface area contributed by atoms with E-state index in [1.807, 2.05) is 36.4 Å². The molecule has 8 heteroatoms. The molecule has 0 spiro atoms. The van der Waals surface area contributed by atoms with Crippen LogP contribution >= 0.6 is 22.9 Å². The number of anilines is 1. The third-order valence-corrected chi connectivity index (χ3v) is 6.24. The third-order valence-electron chi connectivity index (χ3n) is 4.96. The zero-order valence-corrected chi connectivity index (χ0v) is 18.5. The van der Waals surface area contributed by atoms with Crippen molar-refractivity contribution in [2.24, 2.45) is 5.73 Å². The molecule has 6 nitrogen and oxygen atoms in total. The largest absolute Gasteiger partial charge is 0.457 e. The smallest absolute Gasteiger partial charge is 0.338 e. The van der Waals surface area contributed by atoms with Crippen molar-refractivity contribution >= 4 is 49.9 Å². The van der Waals surface area contributed by atoms with Crippen LogP contribution in [0.25, 0.3) is 10.1 Å². The zero-order chi connectivity index (χ0) is 22.5. The minimum absolute atomic E-state index is 0.143. The van der Waals surface area contributed by atoms with Gasteiger partial charge in [0.15, 0.2) is 0 Å². The Kier molecular flexibility index (Phi) is 6.80. The molecule has 3 N–H and O–H groups in total. The molecule has 0 fully saturated rings. The van der Waals surface area contributed by atoms with Crippen LogP contribution in [0.15, 0.2) is 73.1 Å². The fourth-order valence-electron chi connectivity index (χ4n) is 3.24. The van der Waals surface area contributed by atoms with E-state index < -0.39 is 5.92 Å². The summed E-state index contributed by atoms with van der Waals surface area (Å²) in [5.74, 6) is -1.10. The molecule has 32 heavy (non-hydrogen) atoms. The summed E-state index contributed by atoms with van der Waals surface area (Å²) in [6.07, 6.45) is 3.29. The molecule has 0 bridgehead atoms. The number of benzene rings is 2. The number of thiophene rings is 1. The van der Waals surface area contributed by atoms with Gasteiger partial charge in [0.1, 0.15) is 6.61 Å². The molecule has 4 rings (SSSR count). The number of hydrogen-bond acceptors (Lipinski definition) is 6. The number of halogens is 1. The van der Waals surface area contributed by atoms with E-state index >= 15 is 0 Å². The Balaban J connectivity index is 1.40. The lowest BCUT2D eigenvalue weighted by Crippen LogP contribution is -2.27. The topological polar surface area (TPSA) is 94.3 Å². The van der Waals surface area contributed by atoms with E-state index in [4.69, 9.17) is 22.1 Å². The van der Waals surface area contributed by atoms with Crippen molar-refractivity contribution in [2.45, 2.75) is 12.5 Å². The summed E-state index contributed by atoms with van der Waals surface area (Å²) in [5.41, 5.74) is 8.01. The van der Waals surface area contributed by atoms with Crippen molar-refractivity contribution in [1.29, 1.82) is 0 Å². The highest BCUT2D eigenvalue weighted by Crippen LogP contribution is 2.34. The third kappa shape index (κ3) is 4.96. The molecular weight excluding hydrogens is 446 g/mol. The van der Waals surface area contributed by atoms with Crippen LogP contribution in [0.5, 0.6) is 0 Å². The first-order valence-corrected chi connectivity index (χ1v) is 11.1. The predicted octanol–water partition coefficient (Wildman–Crippen LogP) is 4.99. The average molecular weight is 466 g/mol. The van der Waals surface area contributed by atoms with Crippen molar-refractivity contribution in [1.82, 2.24) is 4.98 Å². The first-order valence-electron chi connectivity index (χ1n) is 9.90. The van der Waals surface area contributed by atoms with Gasteiger partial charge in [0.2, 0.25) is 5.91 Å². The molecule has 2 heterocycles. The molecule has 0 aliphatic carbocycles. The lowest BCUT2D eigenvalue weighted by molar-refractivity contribution is -0.117. The molecule has 2 aromatic carbocycles. The quantitative estimate of drug-likeness (QED) is 0.375. The van der Waals surface area contributed by atoms with E-state index in [0.717, 1.165) is 21.2 Å². The van der Waals surface area contributed by atoms with E-state index in [1.54, 1.807) is 36.7 Å². The maximum atomic E-state index is 12.9. The molecular formula is C24H20ClN3O3S. The summed E-state index contributed by atoms with van der Waals surface area (Å²) in [5, 5.41) is 5.00. The van der Waals surface area contributed by atoms with Gasteiger partial charge in [-0.3, -0.25) is 9.78 Å². The molecule has 0 saturated carbocycles. The zero-order valence-electron chi connectivity index (χ0n) is 17.0. The molecule has 4 aromatic rings. The summed E-state index contributed by atoms with van der Waals surface area (Å²) in [7, 11) is 0. The Morgan fingerprint density at radius 3 is 2.53 bits per heavy atom. The van der Waals surface area contributed by atoms with Crippen LogP contribution < -0.4 is 11.1 Å². The van der Waals surface area contributed by atoms with Gasteiger partial charge in [-0.05, 0) is 29.3 Å². The van der Waals surface area contributed by atoms with E-state index in [-0.39, 0.29) is 25.0 Å². The molecule has 0 aliphatic heterocycles. The Bertz CT molecular complexity index is 1240. The molecule has 1 atom stereocenters. The number of carbonyl (C=O) groups is 2. The number of hydrogen-bond donors (Lipinski definition) is 2. The average Bonchev–Trinajstić information content (AvgIpc) is 3.23. The van der Waals surface area contributed by atoms with Crippen LogP contribution in [0.4, 0.5) is 5.00 Å². The van der Waals surface area contributed by atoms with Crippen LogP contribution in [0.3, 0.4) is 0 Å². The standard InChI is InChI=1S/C24H20ClN3O3S/c25-20-12-27-13-21-18(20)10-22(32-21)28-23(29)19(11-26)16-8-6-15(7-9-16)14-31-24(30)17-4-2-1-3-5-17/h1-10,12-13,19H,11,14,26H2,(H,28,29)/t19-/m1/s1. The lowest BCUT2D eigenvalue weighted by Gasteiger charge is -2.15. The molecule has 0 aliphatic rings. The van der Waals surface area contributed by atoms with Crippen molar-refractivity contribution in [2.75, 3.05) is 11.9 Å². The summed E-state index contributed by atoms with van der Waals surface area (Å²) >= 11 is 7.57. The second-order valence-corrected chi connectivity index (χ2v) is 8.60. The van der Waals surface area contributed by atoms with Crippen LogP contribution in [0, 0.1) is 0 Å². The molecule has 0 radical (unpaired) electrons. The van der Waals surface area contributed by atoms with E-state index in [2.05, 4.69) is 10.3 Å². The summed E-state index contributed by atoms with van der Waals surface area (Å²) in [6, 6.07) is 18.0. The molecule has 0 saturated heterocycles. The highest BCUT2D eigenvalue weighted by molar-refractivity contribution is 7.23. The first kappa shape index (κ1) is 22.0. The fraction of sp³-hybridized carbons (Fsp3) is 0.125. The van der Waals surface area contributed by atoms with Crippen LogP contribution in [0.2, 0.25) is 5.02 Å². The van der Waals surface area contributed by atoms with Gasteiger partial charge in [0.25, 0.3) is 0 Å². The monoisotopic (exact) mass is 465 g/mol. The van der Waals surface area contributed by atoms with Gasteiger partial charge in [0, 0.05) is 24.3 Å². The van der Waals surface area contributed by atoms with Crippen molar-refractivity contribution in [3.63, 3.8) is 0 Å². The fourth-order valence-corrected chi connectivity index (χ4v) is 4.47. The molecule has 0 unspecified atom stereocenters. The maximum absolute atomic E-state index is 12.9. The number of fused-ring (bicyclic) bond motifs is 1. The van der Waals surface area contributed by atoms with Crippen molar-refractivity contribution in [3.8, 4) is 0 Å². The number of nitrogens with one attached hydrogen (secondary N) is 1. The van der Waals surface area contributed by atoms with Gasteiger partial charge in [-0.2, -0.15) is 0 Å². The van der Waals surface area contributed by atoms with E-state index in [1.165, 1.54) is 11.3 Å². The molecule has 1 amide bonds. The number of nitrogens with two attached hydrogens (primary N) is 1. The second kappa shape index (κ2) is 9.91. The number of amides is 1. The van der Waals surface area contributed by atoms with Gasteiger partial charge < -0.3 is 15.8 Å². The van der Waals surface area contributed by atoms with Gasteiger partial charge in [-0.1, -0.05) is 54.1 Å². The second-order valence-electron chi connectivity index (χ2n) is 7.11. The summed E-state index contributed by atoms with van der Waals surface area (Å²) in [4.78, 5) is 29.0. The van der Waals surface area contributed by atoms with Crippen LogP contribution in [-0.2, 0) is 16.1 Å². The Morgan fingerprint density at radius 1 is 1.09 bits per heavy atom. The highest BCUT2D eigenvalue weighted by atomic mass is 35.5. The first-order chi connectivity index (χ1) is 15.5. The Hall–Kier alpha value is -3.26. The Labute approximate surface area is 194 Å². The molecule has 162 valence electrons. The van der Waals surface area contributed by atoms with Crippen molar-refractivity contribution in [3.05, 3.63) is 94.8 Å². The molecule has 2 aromatic heterocycles. The highest BCUT2D eigenvalue weighted by Gasteiger charge is 2.20. The van der Waals surface area contributed by atoms with Gasteiger partial charge >= 0.3 is 5.97 Å². The number of aromatic nitrogens is 1. The number of ether oxygens (including phenoxy) is 1. The minimum atomic E-state index is -0.519. The number of rotatable bonds is 7. The summed E-state index contributed by atoms with van der Waals surface area (Å²) < 4.78 is 6.24. The van der Waals surface area contributed by atoms with Gasteiger partial charge in [-0.25, -0.2) is 4.79 Å². The SMILES string of the molecule is NC[C@@H](C(=O)Nc1cc2c(Cl)cncc2s1)c1ccc(COC(=O)c2ccccc2)cc1. The van der Waals surface area contributed by atoms with E-state index in [0.29, 0.717) is 15.6 Å². The minimum Gasteiger partial charge on any atom is -0.457 e. The number of carbonyl (C=O) groups excluding carboxylic acids is 2. The van der Waals surface area contributed by atoms with Crippen molar-refractivity contribution < 1.29 is 14.3 Å². The maximum Gasteiger partial charge on any atom is 0.338 e. The van der Waals surface area contributed by atoms with Crippen LogP contribution in [0.1, 0.15) is 27.4 Å². The normalized spacial score (nSPS) is 11.8. The number of pyridine rings is 1. The van der Waals surface area contributed by atoms with Gasteiger partial charge in [-0.15, -0.1) is 11.3 Å².